The fourth-order valence-corrected chi connectivity index (χ4v) is 2.64. The van der Waals surface area contributed by atoms with Crippen LogP contribution in [0.15, 0.2) is 24.3 Å². The summed E-state index contributed by atoms with van der Waals surface area (Å²) < 4.78 is 0. The predicted octanol–water partition coefficient (Wildman–Crippen LogP) is 2.58. The van der Waals surface area contributed by atoms with Crippen LogP contribution in [-0.4, -0.2) is 22.3 Å². The molecule has 0 radical (unpaired) electrons. The molecule has 1 aliphatic carbocycles. The largest absolute Gasteiger partial charge is 0.481 e. The molecule has 0 aromatic heterocycles. The maximum absolute atomic E-state index is 10.9. The molecule has 1 fully saturated rings. The Kier molecular flexibility index (Phi) is 4.02. The Bertz CT molecular complexity index is 410. The van der Waals surface area contributed by atoms with Gasteiger partial charge in [0.1, 0.15) is 0 Å². The van der Waals surface area contributed by atoms with Crippen molar-refractivity contribution in [1.29, 1.82) is 0 Å². The van der Waals surface area contributed by atoms with Gasteiger partial charge in [0.05, 0.1) is 12.0 Å². The third-order valence-corrected chi connectivity index (χ3v) is 3.97. The summed E-state index contributed by atoms with van der Waals surface area (Å²) in [5.41, 5.74) is 2.01. The molecule has 3 atom stereocenters. The number of aliphatic hydroxyl groups excluding tert-OH is 1. The third-order valence-electron chi connectivity index (χ3n) is 3.97. The van der Waals surface area contributed by atoms with Gasteiger partial charge in [-0.1, -0.05) is 30.7 Å². The quantitative estimate of drug-likeness (QED) is 0.861. The molecule has 18 heavy (non-hydrogen) atoms. The van der Waals surface area contributed by atoms with E-state index in [1.54, 1.807) is 6.92 Å². The molecule has 2 N–H and O–H groups in total. The van der Waals surface area contributed by atoms with Gasteiger partial charge in [-0.25, -0.2) is 0 Å². The van der Waals surface area contributed by atoms with E-state index in [9.17, 15) is 9.90 Å². The lowest BCUT2D eigenvalue weighted by molar-refractivity contribution is -0.138. The highest BCUT2D eigenvalue weighted by atomic mass is 16.4. The lowest BCUT2D eigenvalue weighted by Gasteiger charge is -2.15. The molecule has 0 amide bonds. The van der Waals surface area contributed by atoms with Gasteiger partial charge >= 0.3 is 5.97 Å². The van der Waals surface area contributed by atoms with Gasteiger partial charge in [0, 0.05) is 0 Å². The number of aliphatic hydroxyl groups is 1. The van der Waals surface area contributed by atoms with Gasteiger partial charge in [-0.2, -0.15) is 0 Å². The van der Waals surface area contributed by atoms with Gasteiger partial charge in [-0.3, -0.25) is 4.79 Å². The van der Waals surface area contributed by atoms with Crippen LogP contribution in [0, 0.1) is 5.92 Å². The molecule has 0 heterocycles. The smallest absolute Gasteiger partial charge is 0.310 e. The minimum absolute atomic E-state index is 0.164. The topological polar surface area (TPSA) is 57.5 Å². The highest BCUT2D eigenvalue weighted by molar-refractivity contribution is 5.75. The van der Waals surface area contributed by atoms with Gasteiger partial charge in [-0.15, -0.1) is 0 Å². The average Bonchev–Trinajstić information content (AvgIpc) is 2.75. The number of benzene rings is 1. The second kappa shape index (κ2) is 5.53. The molecule has 0 bridgehead atoms. The molecule has 0 spiro atoms. The number of hydrogen-bond acceptors (Lipinski definition) is 2. The van der Waals surface area contributed by atoms with E-state index in [4.69, 9.17) is 5.11 Å². The van der Waals surface area contributed by atoms with Crippen molar-refractivity contribution in [2.75, 3.05) is 0 Å². The van der Waals surface area contributed by atoms with Gasteiger partial charge in [0.15, 0.2) is 0 Å². The maximum Gasteiger partial charge on any atom is 0.310 e. The fraction of sp³-hybridized carbons (Fsp3) is 0.533. The van der Waals surface area contributed by atoms with Crippen LogP contribution in [0.2, 0.25) is 0 Å². The predicted molar refractivity (Wildman–Crippen MR) is 69.5 cm³/mol. The van der Waals surface area contributed by atoms with Gasteiger partial charge in [0.25, 0.3) is 0 Å². The van der Waals surface area contributed by atoms with Crippen LogP contribution in [0.5, 0.6) is 0 Å². The molecule has 0 aliphatic heterocycles. The first-order valence-electron chi connectivity index (χ1n) is 6.57. The van der Waals surface area contributed by atoms with Crippen LogP contribution < -0.4 is 0 Å². The molecular weight excluding hydrogens is 228 g/mol. The highest BCUT2D eigenvalue weighted by Gasteiger charge is 2.25. The summed E-state index contributed by atoms with van der Waals surface area (Å²) in [6.45, 7) is 1.69. The van der Waals surface area contributed by atoms with Gasteiger partial charge < -0.3 is 10.2 Å². The van der Waals surface area contributed by atoms with Crippen molar-refractivity contribution in [3.8, 4) is 0 Å². The first-order valence-corrected chi connectivity index (χ1v) is 6.57. The second-order valence-electron chi connectivity index (χ2n) is 5.26. The zero-order chi connectivity index (χ0) is 13.1. The fourth-order valence-electron chi connectivity index (χ4n) is 2.64. The molecule has 1 aliphatic rings. The van der Waals surface area contributed by atoms with E-state index >= 15 is 0 Å². The summed E-state index contributed by atoms with van der Waals surface area (Å²) in [4.78, 5) is 10.9. The molecule has 1 aromatic carbocycles. The summed E-state index contributed by atoms with van der Waals surface area (Å²) in [6.07, 6.45) is 3.85. The zero-order valence-corrected chi connectivity index (χ0v) is 10.7. The maximum atomic E-state index is 10.9. The van der Waals surface area contributed by atoms with Crippen LogP contribution in [0.1, 0.15) is 43.2 Å². The van der Waals surface area contributed by atoms with E-state index in [1.165, 1.54) is 5.56 Å². The molecule has 98 valence electrons. The summed E-state index contributed by atoms with van der Waals surface area (Å²) in [7, 11) is 0. The van der Waals surface area contributed by atoms with Gasteiger partial charge in [-0.05, 0) is 43.2 Å². The Morgan fingerprint density at radius 3 is 2.50 bits per heavy atom. The number of hydrogen-bond donors (Lipinski definition) is 2. The number of carboxylic acids is 1. The molecule has 2 rings (SSSR count). The lowest BCUT2D eigenvalue weighted by atomic mass is 9.94. The van der Waals surface area contributed by atoms with Crippen LogP contribution >= 0.6 is 0 Å². The first-order chi connectivity index (χ1) is 8.58. The first kappa shape index (κ1) is 13.1. The van der Waals surface area contributed by atoms with Crippen molar-refractivity contribution in [1.82, 2.24) is 0 Å². The molecule has 1 saturated carbocycles. The standard InChI is InChI=1S/C15H20O3/c1-10(15(17)18)12-7-5-11(6-8-12)9-13-3-2-4-14(13)16/h5-8,10,13-14,16H,2-4,9H2,1H3,(H,17,18)/t10?,13-,14-/m0/s1. The van der Waals surface area contributed by atoms with E-state index < -0.39 is 11.9 Å². The van der Waals surface area contributed by atoms with Crippen molar-refractivity contribution < 1.29 is 15.0 Å². The zero-order valence-electron chi connectivity index (χ0n) is 10.7. The second-order valence-corrected chi connectivity index (χ2v) is 5.26. The van der Waals surface area contributed by atoms with Crippen LogP contribution in [0.3, 0.4) is 0 Å². The lowest BCUT2D eigenvalue weighted by Crippen LogP contribution is -2.15. The minimum Gasteiger partial charge on any atom is -0.481 e. The molecule has 1 aromatic rings. The Morgan fingerprint density at radius 1 is 1.33 bits per heavy atom. The molecular formula is C15H20O3. The van der Waals surface area contributed by atoms with E-state index in [2.05, 4.69) is 0 Å². The van der Waals surface area contributed by atoms with Crippen LogP contribution in [0.4, 0.5) is 0 Å². The summed E-state index contributed by atoms with van der Waals surface area (Å²) >= 11 is 0. The third kappa shape index (κ3) is 2.91. The number of carbonyl (C=O) groups is 1. The normalized spacial score (nSPS) is 25.0. The van der Waals surface area contributed by atoms with Gasteiger partial charge in [0.2, 0.25) is 0 Å². The van der Waals surface area contributed by atoms with Crippen LogP contribution in [-0.2, 0) is 11.2 Å². The van der Waals surface area contributed by atoms with Crippen molar-refractivity contribution in [2.45, 2.75) is 44.6 Å². The summed E-state index contributed by atoms with van der Waals surface area (Å²) in [6, 6.07) is 7.74. The molecule has 3 heteroatoms. The van der Waals surface area contributed by atoms with E-state index in [0.29, 0.717) is 5.92 Å². The Balaban J connectivity index is 2.01. The highest BCUT2D eigenvalue weighted by Crippen LogP contribution is 2.29. The average molecular weight is 248 g/mol. The molecule has 1 unspecified atom stereocenters. The van der Waals surface area contributed by atoms with Crippen molar-refractivity contribution in [2.24, 2.45) is 5.92 Å². The SMILES string of the molecule is CC(C(=O)O)c1ccc(C[C@@H]2CCC[C@@H]2O)cc1. The number of rotatable bonds is 4. The van der Waals surface area contributed by atoms with Crippen molar-refractivity contribution >= 4 is 5.97 Å². The number of aliphatic carboxylic acids is 1. The van der Waals surface area contributed by atoms with Crippen molar-refractivity contribution in [3.63, 3.8) is 0 Å². The van der Waals surface area contributed by atoms with Crippen molar-refractivity contribution in [3.05, 3.63) is 35.4 Å². The molecule has 3 nitrogen and oxygen atoms in total. The Labute approximate surface area is 107 Å². The monoisotopic (exact) mass is 248 g/mol. The minimum atomic E-state index is -0.797. The Morgan fingerprint density at radius 2 is 2.00 bits per heavy atom. The Hall–Kier alpha value is -1.35. The molecule has 0 saturated heterocycles. The summed E-state index contributed by atoms with van der Waals surface area (Å²) in [5, 5.41) is 18.7. The summed E-state index contributed by atoms with van der Waals surface area (Å²) in [5.74, 6) is -0.891. The number of carboxylic acid groups (broad SMARTS) is 1. The van der Waals surface area contributed by atoms with E-state index in [-0.39, 0.29) is 6.10 Å². The van der Waals surface area contributed by atoms with E-state index in [0.717, 1.165) is 31.2 Å². The van der Waals surface area contributed by atoms with E-state index in [1.807, 2.05) is 24.3 Å². The van der Waals surface area contributed by atoms with Crippen LogP contribution in [0.25, 0.3) is 0 Å².